The normalized spacial score (nSPS) is 14.0. The number of hydrogen-bond acceptors (Lipinski definition) is 3. The number of carbonyl (C=O) groups is 1. The SMILES string of the molecule is CC(CCCc1ccccc1O)CC(CN)C(=O)O. The van der Waals surface area contributed by atoms with E-state index in [4.69, 9.17) is 10.8 Å². The molecule has 0 aliphatic carbocycles. The number of carboxylic acids is 1. The Morgan fingerprint density at radius 1 is 1.37 bits per heavy atom. The number of aromatic hydroxyl groups is 1. The summed E-state index contributed by atoms with van der Waals surface area (Å²) in [7, 11) is 0. The molecule has 0 aliphatic rings. The zero-order valence-electron chi connectivity index (χ0n) is 11.4. The van der Waals surface area contributed by atoms with Crippen LogP contribution in [0.4, 0.5) is 0 Å². The Bertz CT molecular complexity index is 406. The lowest BCUT2D eigenvalue weighted by atomic mass is 9.91. The zero-order chi connectivity index (χ0) is 14.3. The highest BCUT2D eigenvalue weighted by atomic mass is 16.4. The highest BCUT2D eigenvalue weighted by Gasteiger charge is 2.18. The number of carboxylic acid groups (broad SMARTS) is 1. The summed E-state index contributed by atoms with van der Waals surface area (Å²) in [6.45, 7) is 2.25. The first kappa shape index (κ1) is 15.5. The van der Waals surface area contributed by atoms with E-state index in [9.17, 15) is 9.90 Å². The Morgan fingerprint density at radius 3 is 2.63 bits per heavy atom. The van der Waals surface area contributed by atoms with Crippen molar-refractivity contribution < 1.29 is 15.0 Å². The van der Waals surface area contributed by atoms with Crippen molar-refractivity contribution in [2.24, 2.45) is 17.6 Å². The summed E-state index contributed by atoms with van der Waals surface area (Å²) < 4.78 is 0. The van der Waals surface area contributed by atoms with Crippen LogP contribution in [0, 0.1) is 11.8 Å². The molecule has 0 bridgehead atoms. The monoisotopic (exact) mass is 265 g/mol. The van der Waals surface area contributed by atoms with Gasteiger partial charge in [0.1, 0.15) is 5.75 Å². The second-order valence-corrected chi connectivity index (χ2v) is 5.13. The molecule has 1 rings (SSSR count). The fourth-order valence-corrected chi connectivity index (χ4v) is 2.26. The van der Waals surface area contributed by atoms with Crippen LogP contribution in [0.5, 0.6) is 5.75 Å². The van der Waals surface area contributed by atoms with Crippen molar-refractivity contribution >= 4 is 5.97 Å². The highest BCUT2D eigenvalue weighted by molar-refractivity contribution is 5.70. The summed E-state index contributed by atoms with van der Waals surface area (Å²) in [5, 5.41) is 18.6. The minimum atomic E-state index is -0.810. The second-order valence-electron chi connectivity index (χ2n) is 5.13. The van der Waals surface area contributed by atoms with Gasteiger partial charge < -0.3 is 15.9 Å². The van der Waals surface area contributed by atoms with E-state index < -0.39 is 11.9 Å². The number of hydrogen-bond donors (Lipinski definition) is 3. The lowest BCUT2D eigenvalue weighted by Crippen LogP contribution is -2.25. The van der Waals surface area contributed by atoms with Gasteiger partial charge in [-0.3, -0.25) is 4.79 Å². The van der Waals surface area contributed by atoms with E-state index in [1.54, 1.807) is 12.1 Å². The van der Waals surface area contributed by atoms with Crippen molar-refractivity contribution in [1.82, 2.24) is 0 Å². The van der Waals surface area contributed by atoms with Gasteiger partial charge in [0.2, 0.25) is 0 Å². The van der Waals surface area contributed by atoms with Gasteiger partial charge in [-0.05, 0) is 36.8 Å². The maximum Gasteiger partial charge on any atom is 0.307 e. The van der Waals surface area contributed by atoms with Crippen LogP contribution in [0.2, 0.25) is 0 Å². The molecular weight excluding hydrogens is 242 g/mol. The molecule has 0 fully saturated rings. The third-order valence-corrected chi connectivity index (χ3v) is 3.46. The highest BCUT2D eigenvalue weighted by Crippen LogP contribution is 2.21. The first-order chi connectivity index (χ1) is 9.04. The molecular formula is C15H23NO3. The van der Waals surface area contributed by atoms with E-state index in [0.29, 0.717) is 18.1 Å². The minimum absolute atomic E-state index is 0.194. The van der Waals surface area contributed by atoms with Gasteiger partial charge in [-0.15, -0.1) is 0 Å². The summed E-state index contributed by atoms with van der Waals surface area (Å²) in [6.07, 6.45) is 3.32. The first-order valence-corrected chi connectivity index (χ1v) is 6.74. The summed E-state index contributed by atoms with van der Waals surface area (Å²) in [4.78, 5) is 10.9. The molecule has 2 unspecified atom stereocenters. The summed E-state index contributed by atoms with van der Waals surface area (Å²) >= 11 is 0. The Morgan fingerprint density at radius 2 is 2.05 bits per heavy atom. The van der Waals surface area contributed by atoms with Gasteiger partial charge >= 0.3 is 5.97 Å². The molecule has 0 aromatic heterocycles. The van der Waals surface area contributed by atoms with Crippen molar-refractivity contribution in [2.45, 2.75) is 32.6 Å². The Kier molecular flexibility index (Phi) is 6.36. The van der Waals surface area contributed by atoms with E-state index in [-0.39, 0.29) is 6.54 Å². The standard InChI is InChI=1S/C15H23NO3/c1-11(9-13(10-16)15(18)19)5-4-7-12-6-2-3-8-14(12)17/h2-3,6,8,11,13,17H,4-5,7,9-10,16H2,1H3,(H,18,19). The van der Waals surface area contributed by atoms with Gasteiger partial charge in [-0.1, -0.05) is 31.5 Å². The number of phenols is 1. The number of aliphatic carboxylic acids is 1. The molecule has 0 saturated heterocycles. The van der Waals surface area contributed by atoms with Crippen LogP contribution < -0.4 is 5.73 Å². The summed E-state index contributed by atoms with van der Waals surface area (Å²) in [6, 6.07) is 7.32. The van der Waals surface area contributed by atoms with Crippen molar-refractivity contribution in [2.75, 3.05) is 6.54 Å². The molecule has 1 aromatic carbocycles. The van der Waals surface area contributed by atoms with Crippen LogP contribution in [-0.4, -0.2) is 22.7 Å². The number of aryl methyl sites for hydroxylation is 1. The predicted molar refractivity (Wildman–Crippen MR) is 75.0 cm³/mol. The van der Waals surface area contributed by atoms with Crippen LogP contribution >= 0.6 is 0 Å². The smallest absolute Gasteiger partial charge is 0.307 e. The predicted octanol–water partition coefficient (Wildman–Crippen LogP) is 2.40. The van der Waals surface area contributed by atoms with E-state index in [2.05, 4.69) is 6.92 Å². The second kappa shape index (κ2) is 7.79. The van der Waals surface area contributed by atoms with E-state index in [1.807, 2.05) is 12.1 Å². The van der Waals surface area contributed by atoms with Crippen molar-refractivity contribution in [1.29, 1.82) is 0 Å². The van der Waals surface area contributed by atoms with Crippen molar-refractivity contribution in [3.05, 3.63) is 29.8 Å². The molecule has 4 heteroatoms. The van der Waals surface area contributed by atoms with Crippen molar-refractivity contribution in [3.8, 4) is 5.75 Å². The maximum atomic E-state index is 10.9. The molecule has 0 saturated carbocycles. The molecule has 4 nitrogen and oxygen atoms in total. The summed E-state index contributed by atoms with van der Waals surface area (Å²) in [5.74, 6) is -0.591. The third-order valence-electron chi connectivity index (χ3n) is 3.46. The van der Waals surface area contributed by atoms with Gasteiger partial charge in [0, 0.05) is 6.54 Å². The minimum Gasteiger partial charge on any atom is -0.508 e. The molecule has 0 aliphatic heterocycles. The number of phenolic OH excluding ortho intramolecular Hbond substituents is 1. The molecule has 0 amide bonds. The van der Waals surface area contributed by atoms with Crippen LogP contribution in [0.15, 0.2) is 24.3 Å². The van der Waals surface area contributed by atoms with Gasteiger partial charge in [-0.25, -0.2) is 0 Å². The topological polar surface area (TPSA) is 83.5 Å². The third kappa shape index (κ3) is 5.30. The fraction of sp³-hybridized carbons (Fsp3) is 0.533. The molecule has 2 atom stereocenters. The molecule has 0 radical (unpaired) electrons. The number of nitrogens with two attached hydrogens (primary N) is 1. The molecule has 106 valence electrons. The largest absolute Gasteiger partial charge is 0.508 e. The molecule has 4 N–H and O–H groups in total. The lowest BCUT2D eigenvalue weighted by molar-refractivity contribution is -0.141. The molecule has 0 spiro atoms. The van der Waals surface area contributed by atoms with Crippen LogP contribution in [0.25, 0.3) is 0 Å². The number of benzene rings is 1. The van der Waals surface area contributed by atoms with Crippen LogP contribution in [-0.2, 0) is 11.2 Å². The van der Waals surface area contributed by atoms with Crippen LogP contribution in [0.1, 0.15) is 31.7 Å². The Hall–Kier alpha value is -1.55. The van der Waals surface area contributed by atoms with E-state index in [1.165, 1.54) is 0 Å². The van der Waals surface area contributed by atoms with Gasteiger partial charge in [0.25, 0.3) is 0 Å². The molecule has 1 aromatic rings. The zero-order valence-corrected chi connectivity index (χ0v) is 11.4. The Labute approximate surface area is 114 Å². The quantitative estimate of drug-likeness (QED) is 0.674. The van der Waals surface area contributed by atoms with Crippen LogP contribution in [0.3, 0.4) is 0 Å². The van der Waals surface area contributed by atoms with Gasteiger partial charge in [-0.2, -0.15) is 0 Å². The average Bonchev–Trinajstić information content (AvgIpc) is 2.38. The van der Waals surface area contributed by atoms with E-state index in [0.717, 1.165) is 24.8 Å². The Balaban J connectivity index is 2.33. The average molecular weight is 265 g/mol. The van der Waals surface area contributed by atoms with E-state index >= 15 is 0 Å². The fourth-order valence-electron chi connectivity index (χ4n) is 2.26. The van der Waals surface area contributed by atoms with Gasteiger partial charge in [0.05, 0.1) is 5.92 Å². The lowest BCUT2D eigenvalue weighted by Gasteiger charge is -2.16. The van der Waals surface area contributed by atoms with Gasteiger partial charge in [0.15, 0.2) is 0 Å². The van der Waals surface area contributed by atoms with Crippen molar-refractivity contribution in [3.63, 3.8) is 0 Å². The molecule has 19 heavy (non-hydrogen) atoms. The number of rotatable bonds is 8. The summed E-state index contributed by atoms with van der Waals surface area (Å²) in [5.41, 5.74) is 6.40. The maximum absolute atomic E-state index is 10.9. The number of para-hydroxylation sites is 1. The molecule has 0 heterocycles. The first-order valence-electron chi connectivity index (χ1n) is 6.74.